The second kappa shape index (κ2) is 10.6. The summed E-state index contributed by atoms with van der Waals surface area (Å²) in [4.78, 5) is 33.0. The fourth-order valence-corrected chi connectivity index (χ4v) is 5.48. The lowest BCUT2D eigenvalue weighted by Crippen LogP contribution is -2.48. The Bertz CT molecular complexity index is 1030. The number of hydrogen-bond acceptors (Lipinski definition) is 7. The van der Waals surface area contributed by atoms with Crippen LogP contribution in [0.3, 0.4) is 0 Å². The molecule has 172 valence electrons. The first kappa shape index (κ1) is 24.5. The molecule has 0 aromatic carbocycles. The largest absolute Gasteiger partial charge is 0.355 e. The molecular weight excluding hydrogens is 442 g/mol. The molecule has 0 bridgehead atoms. The van der Waals surface area contributed by atoms with Gasteiger partial charge in [0.2, 0.25) is 0 Å². The van der Waals surface area contributed by atoms with Gasteiger partial charge in [0, 0.05) is 44.8 Å². The van der Waals surface area contributed by atoms with E-state index in [-0.39, 0.29) is 17.0 Å². The fourth-order valence-electron chi connectivity index (χ4n) is 4.19. The zero-order chi connectivity index (χ0) is 23.4. The number of nitriles is 1. The molecule has 1 amide bonds. The molecule has 0 spiro atoms. The number of amides is 1. The van der Waals surface area contributed by atoms with E-state index in [1.807, 2.05) is 13.0 Å². The molecule has 2 fully saturated rings. The topological polar surface area (TPSA) is 72.6 Å². The quantitative estimate of drug-likeness (QED) is 0.445. The smallest absolute Gasteiger partial charge is 0.270 e. The average Bonchev–Trinajstić information content (AvgIpc) is 3.06. The summed E-state index contributed by atoms with van der Waals surface area (Å²) in [6, 6.07) is 2.09. The monoisotopic (exact) mass is 473 g/mol. The third kappa shape index (κ3) is 4.63. The molecule has 2 saturated heterocycles. The van der Waals surface area contributed by atoms with Crippen LogP contribution in [0, 0.1) is 18.3 Å². The summed E-state index contributed by atoms with van der Waals surface area (Å²) in [6.07, 6.45) is 3.72. The first-order valence-electron chi connectivity index (χ1n) is 11.3. The predicted molar refractivity (Wildman–Crippen MR) is 135 cm³/mol. The van der Waals surface area contributed by atoms with Gasteiger partial charge in [-0.2, -0.15) is 5.26 Å². The van der Waals surface area contributed by atoms with Gasteiger partial charge in [-0.25, -0.2) is 0 Å². The normalized spacial score (nSPS) is 18.7. The summed E-state index contributed by atoms with van der Waals surface area (Å²) in [5.41, 5.74) is 1.25. The maximum atomic E-state index is 13.1. The Balaban J connectivity index is 2.13. The molecular formula is C23H31N5O2S2. The highest BCUT2D eigenvalue weighted by molar-refractivity contribution is 8.26. The van der Waals surface area contributed by atoms with Gasteiger partial charge in [0.1, 0.15) is 21.8 Å². The number of thiocarbonyl (C=S) groups is 1. The summed E-state index contributed by atoms with van der Waals surface area (Å²) in [5, 5.41) is 9.70. The van der Waals surface area contributed by atoms with Crippen LogP contribution in [0.15, 0.2) is 9.70 Å². The number of nitrogens with zero attached hydrogens (tertiary/aromatic N) is 5. The molecule has 3 heterocycles. The average molecular weight is 474 g/mol. The summed E-state index contributed by atoms with van der Waals surface area (Å²) in [5.74, 6) is 0.700. The molecule has 0 radical (unpaired) electrons. The highest BCUT2D eigenvalue weighted by atomic mass is 32.2. The molecule has 1 aromatic rings. The minimum atomic E-state index is -0.270. The summed E-state index contributed by atoms with van der Waals surface area (Å²) < 4.78 is 2.24. The van der Waals surface area contributed by atoms with E-state index in [9.17, 15) is 14.9 Å². The van der Waals surface area contributed by atoms with E-state index in [1.54, 1.807) is 16.4 Å². The first-order chi connectivity index (χ1) is 15.4. The van der Waals surface area contributed by atoms with E-state index in [4.69, 9.17) is 12.2 Å². The van der Waals surface area contributed by atoms with Crippen molar-refractivity contribution in [3.8, 4) is 6.07 Å². The third-order valence-electron chi connectivity index (χ3n) is 6.17. The minimum Gasteiger partial charge on any atom is -0.355 e. The molecule has 7 nitrogen and oxygen atoms in total. The number of piperazine rings is 1. The van der Waals surface area contributed by atoms with Gasteiger partial charge in [0.25, 0.3) is 11.5 Å². The zero-order valence-corrected chi connectivity index (χ0v) is 20.9. The zero-order valence-electron chi connectivity index (χ0n) is 19.3. The molecule has 3 rings (SSSR count). The van der Waals surface area contributed by atoms with Crippen molar-refractivity contribution in [1.29, 1.82) is 5.26 Å². The number of pyridine rings is 1. The van der Waals surface area contributed by atoms with Gasteiger partial charge in [-0.3, -0.25) is 19.1 Å². The van der Waals surface area contributed by atoms with Crippen LogP contribution >= 0.6 is 24.0 Å². The number of rotatable bonds is 7. The Kier molecular flexibility index (Phi) is 8.15. The summed E-state index contributed by atoms with van der Waals surface area (Å²) >= 11 is 6.76. The first-order valence-corrected chi connectivity index (χ1v) is 12.5. The van der Waals surface area contributed by atoms with Crippen LogP contribution in [0.2, 0.25) is 0 Å². The summed E-state index contributed by atoms with van der Waals surface area (Å²) in [6.45, 7) is 13.4. The Morgan fingerprint density at radius 2 is 1.81 bits per heavy atom. The van der Waals surface area contributed by atoms with Crippen LogP contribution in [-0.4, -0.2) is 63.9 Å². The molecule has 1 aromatic heterocycles. The molecule has 32 heavy (non-hydrogen) atoms. The lowest BCUT2D eigenvalue weighted by atomic mass is 10.0. The number of aromatic nitrogens is 1. The Labute approximate surface area is 199 Å². The van der Waals surface area contributed by atoms with Crippen molar-refractivity contribution in [3.05, 3.63) is 31.9 Å². The highest BCUT2D eigenvalue weighted by Crippen LogP contribution is 2.36. The third-order valence-corrected chi connectivity index (χ3v) is 7.54. The molecule has 0 aliphatic carbocycles. The van der Waals surface area contributed by atoms with Crippen LogP contribution in [0.25, 0.3) is 6.08 Å². The Morgan fingerprint density at radius 1 is 1.12 bits per heavy atom. The second-order valence-electron chi connectivity index (χ2n) is 8.01. The van der Waals surface area contributed by atoms with Crippen molar-refractivity contribution in [1.82, 2.24) is 14.4 Å². The van der Waals surface area contributed by atoms with E-state index in [0.29, 0.717) is 27.9 Å². The van der Waals surface area contributed by atoms with Gasteiger partial charge in [0.05, 0.1) is 4.91 Å². The number of unbranched alkanes of at least 4 members (excludes halogenated alkanes) is 1. The molecule has 0 N–H and O–H groups in total. The Morgan fingerprint density at radius 3 is 2.38 bits per heavy atom. The van der Waals surface area contributed by atoms with Crippen molar-refractivity contribution in [2.45, 2.75) is 47.1 Å². The lowest BCUT2D eigenvalue weighted by Gasteiger charge is -2.37. The number of carbonyl (C=O) groups is 1. The highest BCUT2D eigenvalue weighted by Gasteiger charge is 2.33. The van der Waals surface area contributed by atoms with Gasteiger partial charge in [-0.15, -0.1) is 0 Å². The van der Waals surface area contributed by atoms with Crippen molar-refractivity contribution >= 4 is 46.1 Å². The predicted octanol–water partition coefficient (Wildman–Crippen LogP) is 3.19. The minimum absolute atomic E-state index is 0.0950. The number of thioether (sulfide) groups is 1. The van der Waals surface area contributed by atoms with Gasteiger partial charge in [-0.1, -0.05) is 44.2 Å². The van der Waals surface area contributed by atoms with E-state index in [0.717, 1.165) is 56.9 Å². The molecule has 2 aliphatic heterocycles. The van der Waals surface area contributed by atoms with Crippen LogP contribution in [0.5, 0.6) is 0 Å². The molecule has 2 aliphatic rings. The number of likely N-dealkylation sites (N-methyl/N-ethyl adjacent to an activating group) is 1. The molecule has 0 atom stereocenters. The fraction of sp³-hybridized carbons (Fsp3) is 0.565. The van der Waals surface area contributed by atoms with Gasteiger partial charge < -0.3 is 9.80 Å². The summed E-state index contributed by atoms with van der Waals surface area (Å²) in [7, 11) is 0. The van der Waals surface area contributed by atoms with Crippen LogP contribution < -0.4 is 10.5 Å². The molecule has 0 unspecified atom stereocenters. The number of carbonyl (C=O) groups excluding carboxylic acids is 1. The molecule has 9 heteroatoms. The standard InChI is InChI=1S/C23H31N5O2S2/c1-5-8-9-28-22(30)19(32-23(28)31)14-17-16(4)18(15-24)21(29)27(7-3)20(17)26-12-10-25(6-2)11-13-26/h14H,5-13H2,1-4H3/b19-14-. The molecule has 0 saturated carbocycles. The van der Waals surface area contributed by atoms with Crippen molar-refractivity contribution in [3.63, 3.8) is 0 Å². The van der Waals surface area contributed by atoms with Gasteiger partial charge in [-0.05, 0) is 38.5 Å². The SMILES string of the molecule is CCCCN1C(=O)/C(=C/c2c(C)c(C#N)c(=O)n(CC)c2N2CCN(CC)CC2)SC1=S. The van der Waals surface area contributed by atoms with E-state index >= 15 is 0 Å². The maximum Gasteiger partial charge on any atom is 0.270 e. The van der Waals surface area contributed by atoms with Gasteiger partial charge >= 0.3 is 0 Å². The van der Waals surface area contributed by atoms with Crippen LogP contribution in [-0.2, 0) is 11.3 Å². The van der Waals surface area contributed by atoms with Crippen molar-refractivity contribution < 1.29 is 4.79 Å². The second-order valence-corrected chi connectivity index (χ2v) is 9.68. The Hall–Kier alpha value is -2.15. The van der Waals surface area contributed by atoms with Crippen molar-refractivity contribution in [2.24, 2.45) is 0 Å². The number of hydrogen-bond donors (Lipinski definition) is 0. The number of anilines is 1. The van der Waals surface area contributed by atoms with Gasteiger partial charge in [0.15, 0.2) is 0 Å². The lowest BCUT2D eigenvalue weighted by molar-refractivity contribution is -0.122. The van der Waals surface area contributed by atoms with Crippen LogP contribution in [0.4, 0.5) is 5.82 Å². The van der Waals surface area contributed by atoms with E-state index < -0.39 is 0 Å². The van der Waals surface area contributed by atoms with Crippen molar-refractivity contribution in [2.75, 3.05) is 44.2 Å². The maximum absolute atomic E-state index is 13.1. The van der Waals surface area contributed by atoms with E-state index in [2.05, 4.69) is 29.7 Å². The van der Waals surface area contributed by atoms with E-state index in [1.165, 1.54) is 11.8 Å². The van der Waals surface area contributed by atoms with Crippen LogP contribution in [0.1, 0.15) is 50.3 Å².